The first-order valence-corrected chi connectivity index (χ1v) is 7.06. The summed E-state index contributed by atoms with van der Waals surface area (Å²) in [7, 11) is 0. The van der Waals surface area contributed by atoms with Gasteiger partial charge in [0.1, 0.15) is 11.2 Å². The van der Waals surface area contributed by atoms with E-state index in [-0.39, 0.29) is 18.6 Å². The summed E-state index contributed by atoms with van der Waals surface area (Å²) in [5.74, 6) is -0.359. The van der Waals surface area contributed by atoms with Crippen LogP contribution in [0.5, 0.6) is 0 Å². The van der Waals surface area contributed by atoms with E-state index >= 15 is 0 Å². The van der Waals surface area contributed by atoms with Gasteiger partial charge in [-0.3, -0.25) is 0 Å². The Kier molecular flexibility index (Phi) is 4.05. The first-order chi connectivity index (χ1) is 9.76. The summed E-state index contributed by atoms with van der Waals surface area (Å²) in [4.78, 5) is 16.8. The van der Waals surface area contributed by atoms with E-state index in [4.69, 9.17) is 4.74 Å². The monoisotopic (exact) mass is 290 g/mol. The number of carbonyl (C=O) groups is 1. The molecule has 5 heteroatoms. The van der Waals surface area contributed by atoms with Crippen LogP contribution in [0.25, 0.3) is 11.0 Å². The van der Waals surface area contributed by atoms with Gasteiger partial charge in [0.25, 0.3) is 0 Å². The Hall–Kier alpha value is -1.88. The molecule has 2 aromatic rings. The highest BCUT2D eigenvalue weighted by molar-refractivity contribution is 6.05. The average Bonchev–Trinajstić information content (AvgIpc) is 2.68. The van der Waals surface area contributed by atoms with Gasteiger partial charge in [0.2, 0.25) is 0 Å². The molecule has 0 bridgehead atoms. The van der Waals surface area contributed by atoms with E-state index in [1.54, 1.807) is 12.3 Å². The molecule has 0 radical (unpaired) electrons. The molecule has 0 aliphatic carbocycles. The van der Waals surface area contributed by atoms with Gasteiger partial charge in [-0.05, 0) is 46.8 Å². The zero-order valence-corrected chi connectivity index (χ0v) is 13.2. The summed E-state index contributed by atoms with van der Waals surface area (Å²) in [6.45, 7) is 9.25. The Morgan fingerprint density at radius 3 is 2.71 bits per heavy atom. The van der Waals surface area contributed by atoms with Gasteiger partial charge in [-0.15, -0.1) is 0 Å². The lowest BCUT2D eigenvalue weighted by molar-refractivity contribution is 0.00706. The molecule has 21 heavy (non-hydrogen) atoms. The molecular formula is C16H22N2O3. The van der Waals surface area contributed by atoms with Crippen molar-refractivity contribution in [3.63, 3.8) is 0 Å². The smallest absolute Gasteiger partial charge is 0.341 e. The number of pyridine rings is 1. The number of aliphatic hydroxyl groups is 1. The average molecular weight is 290 g/mol. The molecule has 2 heterocycles. The fourth-order valence-corrected chi connectivity index (χ4v) is 2.47. The normalized spacial score (nSPS) is 13.4. The number of fused-ring (bicyclic) bond motifs is 1. The number of nitrogens with zero attached hydrogens (tertiary/aromatic N) is 2. The largest absolute Gasteiger partial charge is 0.456 e. The molecule has 5 nitrogen and oxygen atoms in total. The van der Waals surface area contributed by atoms with E-state index in [0.29, 0.717) is 11.2 Å². The van der Waals surface area contributed by atoms with Gasteiger partial charge >= 0.3 is 5.97 Å². The van der Waals surface area contributed by atoms with Crippen molar-refractivity contribution in [2.24, 2.45) is 0 Å². The molecule has 0 amide bonds. The molecule has 0 saturated carbocycles. The molecule has 0 aliphatic heterocycles. The minimum absolute atomic E-state index is 0.0189. The van der Waals surface area contributed by atoms with E-state index in [2.05, 4.69) is 4.98 Å². The highest BCUT2D eigenvalue weighted by Crippen LogP contribution is 2.29. The summed E-state index contributed by atoms with van der Waals surface area (Å²) < 4.78 is 7.38. The number of rotatable bonds is 3. The SMILES string of the molecule is Cc1c(C(=O)OC(C)(C)C)c2cccnc2n1C(C)CO. The molecule has 0 aliphatic rings. The number of ether oxygens (including phenoxy) is 1. The second kappa shape index (κ2) is 5.48. The van der Waals surface area contributed by atoms with Crippen LogP contribution in [-0.4, -0.2) is 32.8 Å². The van der Waals surface area contributed by atoms with Gasteiger partial charge in [-0.2, -0.15) is 0 Å². The van der Waals surface area contributed by atoms with Crippen LogP contribution in [0.1, 0.15) is 49.8 Å². The maximum absolute atomic E-state index is 12.5. The number of hydrogen-bond acceptors (Lipinski definition) is 4. The number of carbonyl (C=O) groups excluding carboxylic acids is 1. The van der Waals surface area contributed by atoms with Crippen molar-refractivity contribution in [1.29, 1.82) is 0 Å². The molecule has 1 unspecified atom stereocenters. The van der Waals surface area contributed by atoms with Crippen LogP contribution < -0.4 is 0 Å². The van der Waals surface area contributed by atoms with Crippen molar-refractivity contribution in [2.45, 2.75) is 46.3 Å². The summed E-state index contributed by atoms with van der Waals surface area (Å²) in [5, 5.41) is 10.2. The maximum atomic E-state index is 12.5. The third-order valence-electron chi connectivity index (χ3n) is 3.32. The highest BCUT2D eigenvalue weighted by atomic mass is 16.6. The van der Waals surface area contributed by atoms with E-state index < -0.39 is 5.60 Å². The lowest BCUT2D eigenvalue weighted by Gasteiger charge is -2.20. The topological polar surface area (TPSA) is 64.3 Å². The van der Waals surface area contributed by atoms with Gasteiger partial charge in [0.15, 0.2) is 0 Å². The highest BCUT2D eigenvalue weighted by Gasteiger charge is 2.26. The van der Waals surface area contributed by atoms with Gasteiger partial charge in [0, 0.05) is 17.3 Å². The van der Waals surface area contributed by atoms with Crippen LogP contribution in [0.4, 0.5) is 0 Å². The first kappa shape index (κ1) is 15.5. The van der Waals surface area contributed by atoms with E-state index in [0.717, 1.165) is 11.1 Å². The Labute approximate surface area is 124 Å². The molecule has 2 aromatic heterocycles. The summed E-state index contributed by atoms with van der Waals surface area (Å²) in [6, 6.07) is 3.50. The Bertz CT molecular complexity index is 668. The molecule has 114 valence electrons. The summed E-state index contributed by atoms with van der Waals surface area (Å²) in [5.41, 5.74) is 1.42. The molecular weight excluding hydrogens is 268 g/mol. The molecule has 1 atom stereocenters. The molecule has 0 aromatic carbocycles. The van der Waals surface area contributed by atoms with Gasteiger partial charge in [-0.1, -0.05) is 0 Å². The van der Waals surface area contributed by atoms with Gasteiger partial charge in [0.05, 0.1) is 18.2 Å². The lowest BCUT2D eigenvalue weighted by Crippen LogP contribution is -2.24. The molecule has 0 spiro atoms. The van der Waals surface area contributed by atoms with E-state index in [9.17, 15) is 9.90 Å². The van der Waals surface area contributed by atoms with Gasteiger partial charge in [-0.25, -0.2) is 9.78 Å². The van der Waals surface area contributed by atoms with Gasteiger partial charge < -0.3 is 14.4 Å². The van der Waals surface area contributed by atoms with Crippen LogP contribution in [0.2, 0.25) is 0 Å². The van der Waals surface area contributed by atoms with Crippen LogP contribution in [0.15, 0.2) is 18.3 Å². The second-order valence-electron chi connectivity index (χ2n) is 6.24. The first-order valence-electron chi connectivity index (χ1n) is 7.06. The fourth-order valence-electron chi connectivity index (χ4n) is 2.47. The molecule has 1 N–H and O–H groups in total. The van der Waals surface area contributed by atoms with E-state index in [1.807, 2.05) is 45.3 Å². The Morgan fingerprint density at radius 1 is 1.48 bits per heavy atom. The van der Waals surface area contributed by atoms with Crippen LogP contribution in [0.3, 0.4) is 0 Å². The Morgan fingerprint density at radius 2 is 2.14 bits per heavy atom. The standard InChI is InChI=1S/C16H22N2O3/c1-10(9-19)18-11(2)13(15(20)21-16(3,4)5)12-7-6-8-17-14(12)18/h6-8,10,19H,9H2,1-5H3. The maximum Gasteiger partial charge on any atom is 0.341 e. The molecule has 0 saturated heterocycles. The number of aromatic nitrogens is 2. The van der Waals surface area contributed by atoms with Crippen molar-refractivity contribution < 1.29 is 14.6 Å². The van der Waals surface area contributed by atoms with Crippen LogP contribution >= 0.6 is 0 Å². The van der Waals surface area contributed by atoms with Crippen molar-refractivity contribution in [3.8, 4) is 0 Å². The minimum atomic E-state index is -0.553. The quantitative estimate of drug-likeness (QED) is 0.883. The van der Waals surface area contributed by atoms with Crippen molar-refractivity contribution in [1.82, 2.24) is 9.55 Å². The van der Waals surface area contributed by atoms with Crippen LogP contribution in [0, 0.1) is 6.92 Å². The van der Waals surface area contributed by atoms with Crippen molar-refractivity contribution >= 4 is 17.0 Å². The lowest BCUT2D eigenvalue weighted by atomic mass is 10.1. The zero-order chi connectivity index (χ0) is 15.8. The Balaban J connectivity index is 2.64. The number of esters is 1. The predicted octanol–water partition coefficient (Wildman–Crippen LogP) is 2.85. The molecule has 0 fully saturated rings. The van der Waals surface area contributed by atoms with E-state index in [1.165, 1.54) is 0 Å². The third kappa shape index (κ3) is 2.93. The van der Waals surface area contributed by atoms with Crippen LogP contribution in [-0.2, 0) is 4.74 Å². The third-order valence-corrected chi connectivity index (χ3v) is 3.32. The fraction of sp³-hybridized carbons (Fsp3) is 0.500. The van der Waals surface area contributed by atoms with Crippen molar-refractivity contribution in [3.05, 3.63) is 29.6 Å². The van der Waals surface area contributed by atoms with Crippen molar-refractivity contribution in [2.75, 3.05) is 6.61 Å². The minimum Gasteiger partial charge on any atom is -0.456 e. The number of aliphatic hydroxyl groups excluding tert-OH is 1. The number of hydrogen-bond donors (Lipinski definition) is 1. The molecule has 2 rings (SSSR count). The summed E-state index contributed by atoms with van der Waals surface area (Å²) >= 11 is 0. The predicted molar refractivity (Wildman–Crippen MR) is 81.4 cm³/mol. The zero-order valence-electron chi connectivity index (χ0n) is 13.2. The summed E-state index contributed by atoms with van der Waals surface area (Å²) in [6.07, 6.45) is 1.68. The second-order valence-corrected chi connectivity index (χ2v) is 6.24.